The number of hydrogen-bond acceptors (Lipinski definition) is 5. The van der Waals surface area contributed by atoms with Crippen LogP contribution in [0.25, 0.3) is 11.3 Å². The highest BCUT2D eigenvalue weighted by atomic mass is 16.5. The Kier molecular flexibility index (Phi) is 7.00. The summed E-state index contributed by atoms with van der Waals surface area (Å²) >= 11 is 0. The van der Waals surface area contributed by atoms with Crippen LogP contribution < -0.4 is 9.47 Å². The molecular formula is C26H29N3O3. The lowest BCUT2D eigenvalue weighted by atomic mass is 9.91. The molecular weight excluding hydrogens is 402 g/mol. The highest BCUT2D eigenvalue weighted by molar-refractivity contribution is 5.76. The number of likely N-dealkylation sites (tertiary alicyclic amines) is 1. The fourth-order valence-electron chi connectivity index (χ4n) is 4.27. The van der Waals surface area contributed by atoms with Gasteiger partial charge in [0.1, 0.15) is 11.5 Å². The van der Waals surface area contributed by atoms with Crippen molar-refractivity contribution in [1.82, 2.24) is 14.9 Å². The SMILES string of the molecule is COc1ccc(CCC(=O)N2CCCC(c3nccnc3-c3cccc(OC)c3)C2)cc1. The molecule has 1 amide bonds. The fraction of sp³-hybridized carbons (Fsp3) is 0.346. The van der Waals surface area contributed by atoms with Crippen molar-refractivity contribution in [2.75, 3.05) is 27.3 Å². The molecule has 0 aliphatic carbocycles. The van der Waals surface area contributed by atoms with Crippen molar-refractivity contribution in [2.24, 2.45) is 0 Å². The lowest BCUT2D eigenvalue weighted by Crippen LogP contribution is -2.39. The Bertz CT molecular complexity index is 1050. The van der Waals surface area contributed by atoms with Gasteiger partial charge in [0.05, 0.1) is 25.6 Å². The highest BCUT2D eigenvalue weighted by Gasteiger charge is 2.27. The van der Waals surface area contributed by atoms with Gasteiger partial charge in [-0.1, -0.05) is 24.3 Å². The van der Waals surface area contributed by atoms with Gasteiger partial charge in [0.25, 0.3) is 0 Å². The van der Waals surface area contributed by atoms with E-state index in [1.807, 2.05) is 53.4 Å². The smallest absolute Gasteiger partial charge is 0.222 e. The van der Waals surface area contributed by atoms with Gasteiger partial charge in [0, 0.05) is 43.4 Å². The van der Waals surface area contributed by atoms with E-state index in [4.69, 9.17) is 9.47 Å². The molecule has 0 bridgehead atoms. The van der Waals surface area contributed by atoms with Crippen LogP contribution in [0.2, 0.25) is 0 Å². The van der Waals surface area contributed by atoms with Crippen LogP contribution in [0.5, 0.6) is 11.5 Å². The van der Waals surface area contributed by atoms with Gasteiger partial charge in [-0.25, -0.2) is 0 Å². The lowest BCUT2D eigenvalue weighted by molar-refractivity contribution is -0.132. The number of aromatic nitrogens is 2. The van der Waals surface area contributed by atoms with Crippen molar-refractivity contribution in [1.29, 1.82) is 0 Å². The maximum absolute atomic E-state index is 13.0. The van der Waals surface area contributed by atoms with Crippen LogP contribution in [0.1, 0.15) is 36.4 Å². The first-order valence-electron chi connectivity index (χ1n) is 11.0. The van der Waals surface area contributed by atoms with Gasteiger partial charge in [-0.05, 0) is 49.1 Å². The van der Waals surface area contributed by atoms with Crippen molar-refractivity contribution in [2.45, 2.75) is 31.6 Å². The van der Waals surface area contributed by atoms with Crippen molar-refractivity contribution in [3.05, 3.63) is 72.2 Å². The van der Waals surface area contributed by atoms with E-state index in [0.717, 1.165) is 59.8 Å². The van der Waals surface area contributed by atoms with Gasteiger partial charge in [0.2, 0.25) is 5.91 Å². The number of carbonyl (C=O) groups is 1. The monoisotopic (exact) mass is 431 g/mol. The van der Waals surface area contributed by atoms with Crippen LogP contribution in [0.4, 0.5) is 0 Å². The van der Waals surface area contributed by atoms with Crippen LogP contribution >= 0.6 is 0 Å². The highest BCUT2D eigenvalue weighted by Crippen LogP contribution is 2.33. The summed E-state index contributed by atoms with van der Waals surface area (Å²) < 4.78 is 10.6. The molecule has 3 aromatic rings. The third-order valence-corrected chi connectivity index (χ3v) is 6.02. The minimum Gasteiger partial charge on any atom is -0.497 e. The van der Waals surface area contributed by atoms with Crippen molar-refractivity contribution in [3.8, 4) is 22.8 Å². The van der Waals surface area contributed by atoms with E-state index in [1.165, 1.54) is 0 Å². The Morgan fingerprint density at radius 3 is 2.59 bits per heavy atom. The predicted octanol–water partition coefficient (Wildman–Crippen LogP) is 4.50. The normalized spacial score (nSPS) is 15.9. The van der Waals surface area contributed by atoms with E-state index in [0.29, 0.717) is 13.0 Å². The zero-order valence-corrected chi connectivity index (χ0v) is 18.7. The van der Waals surface area contributed by atoms with Crippen LogP contribution in [0.15, 0.2) is 60.9 Å². The van der Waals surface area contributed by atoms with E-state index in [1.54, 1.807) is 26.6 Å². The van der Waals surface area contributed by atoms with Gasteiger partial charge >= 0.3 is 0 Å². The number of piperidine rings is 1. The summed E-state index contributed by atoms with van der Waals surface area (Å²) in [6.45, 7) is 1.48. The Morgan fingerprint density at radius 1 is 1.03 bits per heavy atom. The molecule has 0 saturated carbocycles. The maximum atomic E-state index is 13.0. The van der Waals surface area contributed by atoms with E-state index in [2.05, 4.69) is 9.97 Å². The van der Waals surface area contributed by atoms with Crippen LogP contribution in [-0.4, -0.2) is 48.1 Å². The molecule has 1 aliphatic heterocycles. The summed E-state index contributed by atoms with van der Waals surface area (Å²) in [5, 5.41) is 0. The lowest BCUT2D eigenvalue weighted by Gasteiger charge is -2.33. The summed E-state index contributed by atoms with van der Waals surface area (Å²) in [6, 6.07) is 15.8. The van der Waals surface area contributed by atoms with E-state index in [9.17, 15) is 4.79 Å². The molecule has 6 heteroatoms. The number of rotatable bonds is 7. The van der Waals surface area contributed by atoms with Crippen molar-refractivity contribution < 1.29 is 14.3 Å². The zero-order chi connectivity index (χ0) is 22.3. The first-order chi connectivity index (χ1) is 15.7. The molecule has 2 heterocycles. The average molecular weight is 432 g/mol. The molecule has 32 heavy (non-hydrogen) atoms. The number of aryl methyl sites for hydroxylation is 1. The Morgan fingerprint density at radius 2 is 1.81 bits per heavy atom. The number of amides is 1. The van der Waals surface area contributed by atoms with Crippen molar-refractivity contribution >= 4 is 5.91 Å². The van der Waals surface area contributed by atoms with Crippen LogP contribution in [-0.2, 0) is 11.2 Å². The first-order valence-corrected chi connectivity index (χ1v) is 11.0. The van der Waals surface area contributed by atoms with Gasteiger partial charge < -0.3 is 14.4 Å². The molecule has 166 valence electrons. The number of methoxy groups -OCH3 is 2. The number of ether oxygens (including phenoxy) is 2. The summed E-state index contributed by atoms with van der Waals surface area (Å²) in [4.78, 5) is 24.3. The van der Waals surface area contributed by atoms with Gasteiger partial charge in [0.15, 0.2) is 0 Å². The standard InChI is InChI=1S/C26H29N3O3/c1-31-22-11-8-19(9-12-22)10-13-24(30)29-16-4-6-21(18-29)26-25(27-14-15-28-26)20-5-3-7-23(17-20)32-2/h3,5,7-9,11-12,14-15,17,21H,4,6,10,13,16,18H2,1-2H3. The van der Waals surface area contributed by atoms with E-state index >= 15 is 0 Å². The molecule has 2 aromatic carbocycles. The molecule has 4 rings (SSSR count). The quantitative estimate of drug-likeness (QED) is 0.551. The molecule has 1 saturated heterocycles. The number of nitrogens with zero attached hydrogens (tertiary/aromatic N) is 3. The second-order valence-electron chi connectivity index (χ2n) is 8.05. The Labute approximate surface area is 189 Å². The molecule has 1 fully saturated rings. The molecule has 1 unspecified atom stereocenters. The number of benzene rings is 2. The minimum atomic E-state index is 0.170. The molecule has 0 N–H and O–H groups in total. The minimum absolute atomic E-state index is 0.170. The van der Waals surface area contributed by atoms with E-state index in [-0.39, 0.29) is 11.8 Å². The molecule has 0 radical (unpaired) electrons. The molecule has 0 spiro atoms. The second-order valence-corrected chi connectivity index (χ2v) is 8.05. The van der Waals surface area contributed by atoms with Crippen molar-refractivity contribution in [3.63, 3.8) is 0 Å². The summed E-state index contributed by atoms with van der Waals surface area (Å²) in [5.41, 5.74) is 3.94. The largest absolute Gasteiger partial charge is 0.497 e. The fourth-order valence-corrected chi connectivity index (χ4v) is 4.27. The maximum Gasteiger partial charge on any atom is 0.222 e. The summed E-state index contributed by atoms with van der Waals surface area (Å²) in [5.74, 6) is 1.98. The van der Waals surface area contributed by atoms with Gasteiger partial charge in [-0.2, -0.15) is 0 Å². The van der Waals surface area contributed by atoms with E-state index < -0.39 is 0 Å². The van der Waals surface area contributed by atoms with Crippen LogP contribution in [0, 0.1) is 0 Å². The third kappa shape index (κ3) is 5.07. The molecule has 1 atom stereocenters. The second kappa shape index (κ2) is 10.3. The number of hydrogen-bond donors (Lipinski definition) is 0. The summed E-state index contributed by atoms with van der Waals surface area (Å²) in [7, 11) is 3.31. The number of carbonyl (C=O) groups excluding carboxylic acids is 1. The third-order valence-electron chi connectivity index (χ3n) is 6.02. The summed E-state index contributed by atoms with van der Waals surface area (Å²) in [6.07, 6.45) is 6.65. The van der Waals surface area contributed by atoms with Gasteiger partial charge in [-0.15, -0.1) is 0 Å². The Hall–Kier alpha value is -3.41. The zero-order valence-electron chi connectivity index (χ0n) is 18.7. The molecule has 1 aromatic heterocycles. The molecule has 6 nitrogen and oxygen atoms in total. The predicted molar refractivity (Wildman–Crippen MR) is 124 cm³/mol. The molecule has 1 aliphatic rings. The van der Waals surface area contributed by atoms with Crippen LogP contribution in [0.3, 0.4) is 0 Å². The Balaban J connectivity index is 1.45. The van der Waals surface area contributed by atoms with Gasteiger partial charge in [-0.3, -0.25) is 14.8 Å². The first kappa shape index (κ1) is 21.8. The average Bonchev–Trinajstić information content (AvgIpc) is 2.87. The topological polar surface area (TPSA) is 64.5 Å².